The number of carbonyl (C=O) groups excluding carboxylic acids is 3. The zero-order chi connectivity index (χ0) is 25.3. The Bertz CT molecular complexity index is 1160. The van der Waals surface area contributed by atoms with E-state index in [0.717, 1.165) is 37.1 Å². The fraction of sp³-hybridized carbons (Fsp3) is 0.464. The van der Waals surface area contributed by atoms with E-state index in [-0.39, 0.29) is 36.6 Å². The lowest BCUT2D eigenvalue weighted by molar-refractivity contribution is -0.144. The summed E-state index contributed by atoms with van der Waals surface area (Å²) in [4.78, 5) is 45.9. The molecule has 1 unspecified atom stereocenters. The highest BCUT2D eigenvalue weighted by atomic mass is 19.1. The van der Waals surface area contributed by atoms with Gasteiger partial charge >= 0.3 is 0 Å². The van der Waals surface area contributed by atoms with Gasteiger partial charge in [-0.1, -0.05) is 37.1 Å². The number of rotatable bonds is 6. The Morgan fingerprint density at radius 2 is 1.75 bits per heavy atom. The quantitative estimate of drug-likeness (QED) is 0.576. The highest BCUT2D eigenvalue weighted by Gasteiger charge is 2.56. The van der Waals surface area contributed by atoms with E-state index in [1.807, 2.05) is 24.3 Å². The first-order chi connectivity index (χ1) is 17.4. The van der Waals surface area contributed by atoms with Gasteiger partial charge in [-0.15, -0.1) is 0 Å². The van der Waals surface area contributed by atoms with Crippen molar-refractivity contribution in [2.24, 2.45) is 0 Å². The lowest BCUT2D eigenvalue weighted by Crippen LogP contribution is -2.51. The van der Waals surface area contributed by atoms with Gasteiger partial charge < -0.3 is 14.5 Å². The topological polar surface area (TPSA) is 70.2 Å². The molecule has 1 aliphatic carbocycles. The third kappa shape index (κ3) is 4.33. The highest BCUT2D eigenvalue weighted by molar-refractivity contribution is 6.11. The summed E-state index contributed by atoms with van der Waals surface area (Å²) in [5, 5.41) is 0. The van der Waals surface area contributed by atoms with Crippen molar-refractivity contribution in [3.8, 4) is 5.75 Å². The van der Waals surface area contributed by atoms with Crippen LogP contribution < -0.4 is 9.64 Å². The molecule has 190 valence electrons. The summed E-state index contributed by atoms with van der Waals surface area (Å²) in [5.74, 6) is -0.502. The number of likely N-dealkylation sites (tertiary alicyclic amines) is 1. The van der Waals surface area contributed by atoms with Crippen molar-refractivity contribution in [3.05, 3.63) is 59.9 Å². The zero-order valence-corrected chi connectivity index (χ0v) is 20.6. The highest BCUT2D eigenvalue weighted by Crippen LogP contribution is 2.43. The van der Waals surface area contributed by atoms with Crippen LogP contribution in [0.3, 0.4) is 0 Å². The monoisotopic (exact) mass is 493 g/mol. The molecule has 7 nitrogen and oxygen atoms in total. The minimum Gasteiger partial charge on any atom is -0.495 e. The molecule has 0 aromatic heterocycles. The summed E-state index contributed by atoms with van der Waals surface area (Å²) in [5.41, 5.74) is 0.0213. The van der Waals surface area contributed by atoms with Crippen molar-refractivity contribution in [1.82, 2.24) is 9.80 Å². The Labute approximate surface area is 210 Å². The molecule has 8 heteroatoms. The Kier molecular flexibility index (Phi) is 6.69. The SMILES string of the molecule is COc1ccccc1N1CCN(C(=O)CC2(c3cccc(F)c3)CC(=O)N(C3CCCC3)C2=O)CC1. The van der Waals surface area contributed by atoms with Gasteiger partial charge in [0.1, 0.15) is 11.6 Å². The molecule has 36 heavy (non-hydrogen) atoms. The van der Waals surface area contributed by atoms with Crippen LogP contribution in [0.1, 0.15) is 44.1 Å². The smallest absolute Gasteiger partial charge is 0.241 e. The predicted molar refractivity (Wildman–Crippen MR) is 133 cm³/mol. The number of anilines is 1. The second kappa shape index (κ2) is 9.91. The van der Waals surface area contributed by atoms with Crippen molar-refractivity contribution >= 4 is 23.4 Å². The molecule has 2 aliphatic heterocycles. The molecule has 3 fully saturated rings. The standard InChI is InChI=1S/C28H32FN3O4/c1-36-24-12-5-4-11-23(24)30-13-15-31(16-14-30)25(33)18-28(20-7-6-8-21(29)17-20)19-26(34)32(27(28)35)22-9-2-3-10-22/h4-8,11-12,17,22H,2-3,9-10,13-16,18-19H2,1H3. The predicted octanol–water partition coefficient (Wildman–Crippen LogP) is 3.51. The number of imide groups is 1. The van der Waals surface area contributed by atoms with E-state index in [4.69, 9.17) is 4.74 Å². The second-order valence-corrected chi connectivity index (χ2v) is 9.99. The van der Waals surface area contributed by atoms with Crippen LogP contribution in [0.5, 0.6) is 5.75 Å². The number of nitrogens with zero attached hydrogens (tertiary/aromatic N) is 3. The number of halogens is 1. The summed E-state index contributed by atoms with van der Waals surface area (Å²) >= 11 is 0. The van der Waals surface area contributed by atoms with Gasteiger partial charge in [-0.2, -0.15) is 0 Å². The van der Waals surface area contributed by atoms with Crippen LogP contribution in [0, 0.1) is 5.82 Å². The van der Waals surface area contributed by atoms with Crippen molar-refractivity contribution in [2.75, 3.05) is 38.2 Å². The first-order valence-corrected chi connectivity index (χ1v) is 12.7. The minimum atomic E-state index is -1.36. The van der Waals surface area contributed by atoms with Crippen molar-refractivity contribution in [2.45, 2.75) is 50.0 Å². The maximum absolute atomic E-state index is 14.3. The number of para-hydroxylation sites is 2. The van der Waals surface area contributed by atoms with Crippen LogP contribution >= 0.6 is 0 Å². The molecular weight excluding hydrogens is 461 g/mol. The molecular formula is C28H32FN3O4. The summed E-state index contributed by atoms with van der Waals surface area (Å²) in [6.45, 7) is 2.23. The molecule has 5 rings (SSSR count). The molecule has 0 spiro atoms. The lowest BCUT2D eigenvalue weighted by atomic mass is 9.75. The van der Waals surface area contributed by atoms with Gasteiger partial charge in [0.15, 0.2) is 0 Å². The number of ether oxygens (including phenoxy) is 1. The van der Waals surface area contributed by atoms with Gasteiger partial charge in [0.25, 0.3) is 0 Å². The molecule has 2 heterocycles. The fourth-order valence-electron chi connectivity index (χ4n) is 6.00. The fourth-order valence-corrected chi connectivity index (χ4v) is 6.00. The summed E-state index contributed by atoms with van der Waals surface area (Å²) in [7, 11) is 1.64. The number of hydrogen-bond acceptors (Lipinski definition) is 5. The molecule has 1 atom stereocenters. The first-order valence-electron chi connectivity index (χ1n) is 12.7. The van der Waals surface area contributed by atoms with Gasteiger partial charge in [-0.05, 0) is 42.7 Å². The number of carbonyl (C=O) groups is 3. The van der Waals surface area contributed by atoms with Gasteiger partial charge in [0.05, 0.1) is 18.2 Å². The van der Waals surface area contributed by atoms with E-state index in [0.29, 0.717) is 31.7 Å². The van der Waals surface area contributed by atoms with Crippen molar-refractivity contribution in [1.29, 1.82) is 0 Å². The number of benzene rings is 2. The molecule has 3 amide bonds. The molecule has 2 saturated heterocycles. The van der Waals surface area contributed by atoms with Crippen LogP contribution in [0.15, 0.2) is 48.5 Å². The minimum absolute atomic E-state index is 0.0985. The second-order valence-electron chi connectivity index (χ2n) is 9.99. The van der Waals surface area contributed by atoms with E-state index in [1.54, 1.807) is 24.1 Å². The number of hydrogen-bond donors (Lipinski definition) is 0. The third-order valence-corrected chi connectivity index (χ3v) is 7.93. The lowest BCUT2D eigenvalue weighted by Gasteiger charge is -2.38. The zero-order valence-electron chi connectivity index (χ0n) is 20.6. The van der Waals surface area contributed by atoms with Gasteiger partial charge in [0.2, 0.25) is 17.7 Å². The van der Waals surface area contributed by atoms with Crippen molar-refractivity contribution in [3.63, 3.8) is 0 Å². The number of piperazine rings is 1. The van der Waals surface area contributed by atoms with Gasteiger partial charge in [-0.25, -0.2) is 4.39 Å². The molecule has 1 saturated carbocycles. The van der Waals surface area contributed by atoms with E-state index in [1.165, 1.54) is 17.0 Å². The molecule has 3 aliphatic rings. The molecule has 2 aromatic rings. The van der Waals surface area contributed by atoms with E-state index >= 15 is 0 Å². The Morgan fingerprint density at radius 1 is 1.03 bits per heavy atom. The maximum Gasteiger partial charge on any atom is 0.241 e. The third-order valence-electron chi connectivity index (χ3n) is 7.93. The summed E-state index contributed by atoms with van der Waals surface area (Å²) in [6, 6.07) is 13.5. The molecule has 0 N–H and O–H groups in total. The molecule has 2 aromatic carbocycles. The van der Waals surface area contributed by atoms with Crippen LogP contribution in [0.25, 0.3) is 0 Å². The largest absolute Gasteiger partial charge is 0.495 e. The van der Waals surface area contributed by atoms with Crippen LogP contribution in [0.2, 0.25) is 0 Å². The Balaban J connectivity index is 1.36. The van der Waals surface area contributed by atoms with Gasteiger partial charge in [0, 0.05) is 45.1 Å². The number of amides is 3. The average Bonchev–Trinajstić information content (AvgIpc) is 3.50. The molecule has 0 bridgehead atoms. The van der Waals surface area contributed by atoms with Crippen LogP contribution in [-0.4, -0.2) is 66.9 Å². The van der Waals surface area contributed by atoms with E-state index in [9.17, 15) is 18.8 Å². The van der Waals surface area contributed by atoms with E-state index < -0.39 is 11.2 Å². The van der Waals surface area contributed by atoms with Crippen LogP contribution in [0.4, 0.5) is 10.1 Å². The van der Waals surface area contributed by atoms with Crippen LogP contribution in [-0.2, 0) is 19.8 Å². The summed E-state index contributed by atoms with van der Waals surface area (Å²) in [6.07, 6.45) is 3.29. The number of methoxy groups -OCH3 is 1. The summed E-state index contributed by atoms with van der Waals surface area (Å²) < 4.78 is 19.7. The Morgan fingerprint density at radius 3 is 2.44 bits per heavy atom. The Hall–Kier alpha value is -3.42. The maximum atomic E-state index is 14.3. The average molecular weight is 494 g/mol. The van der Waals surface area contributed by atoms with E-state index in [2.05, 4.69) is 4.90 Å². The van der Waals surface area contributed by atoms with Gasteiger partial charge in [-0.3, -0.25) is 19.3 Å². The van der Waals surface area contributed by atoms with Crippen molar-refractivity contribution < 1.29 is 23.5 Å². The first kappa shape index (κ1) is 24.3. The molecule has 0 radical (unpaired) electrons. The normalized spacial score (nSPS) is 23.0.